The molecule has 1 saturated carbocycles. The molecule has 58 valence electrons. The molecule has 2 rings (SSSR count). The number of hydrogen-bond donors (Lipinski definition) is 1. The fourth-order valence-electron chi connectivity index (χ4n) is 2.01. The van der Waals surface area contributed by atoms with Gasteiger partial charge in [0.2, 0.25) is 0 Å². The van der Waals surface area contributed by atoms with E-state index in [0.29, 0.717) is 5.41 Å². The Balaban J connectivity index is 1.96. The normalized spacial score (nSPS) is 43.8. The molecule has 0 radical (unpaired) electrons. The van der Waals surface area contributed by atoms with E-state index in [9.17, 15) is 0 Å². The zero-order chi connectivity index (χ0) is 7.19. The molecule has 0 aromatic heterocycles. The first-order valence-corrected chi connectivity index (χ1v) is 4.43. The topological polar surface area (TPSA) is 21.9 Å². The van der Waals surface area contributed by atoms with E-state index in [2.05, 4.69) is 19.2 Å². The molecule has 1 aliphatic heterocycles. The van der Waals surface area contributed by atoms with Gasteiger partial charge in [0.25, 0.3) is 0 Å². The van der Waals surface area contributed by atoms with E-state index in [4.69, 9.17) is 0 Å². The van der Waals surface area contributed by atoms with Gasteiger partial charge in [0.05, 0.1) is 0 Å². The van der Waals surface area contributed by atoms with Gasteiger partial charge in [-0.3, -0.25) is 0 Å². The molecule has 1 nitrogen and oxygen atoms in total. The van der Waals surface area contributed by atoms with Crippen molar-refractivity contribution < 1.29 is 0 Å². The maximum absolute atomic E-state index is 3.51. The van der Waals surface area contributed by atoms with Crippen LogP contribution in [0.3, 0.4) is 0 Å². The second-order valence-electron chi connectivity index (χ2n) is 4.62. The van der Waals surface area contributed by atoms with E-state index in [1.54, 1.807) is 0 Å². The minimum atomic E-state index is 0.634. The van der Waals surface area contributed by atoms with Crippen LogP contribution in [0.1, 0.15) is 39.5 Å². The summed E-state index contributed by atoms with van der Waals surface area (Å²) in [5.41, 5.74) is 0.634. The molecule has 1 N–H and O–H groups in total. The Morgan fingerprint density at radius 3 is 2.10 bits per heavy atom. The van der Waals surface area contributed by atoms with Crippen LogP contribution in [-0.4, -0.2) is 12.1 Å². The Hall–Kier alpha value is -0.0400. The largest absolute Gasteiger partial charge is 0.308 e. The molecule has 10 heavy (non-hydrogen) atoms. The Bertz CT molecular complexity index is 126. The molecule has 2 fully saturated rings. The molecule has 1 heteroatoms. The lowest BCUT2D eigenvalue weighted by Crippen LogP contribution is -2.11. The highest BCUT2D eigenvalue weighted by molar-refractivity contribution is 5.01. The summed E-state index contributed by atoms with van der Waals surface area (Å²) in [4.78, 5) is 0. The van der Waals surface area contributed by atoms with Crippen LogP contribution in [-0.2, 0) is 0 Å². The van der Waals surface area contributed by atoms with Crippen LogP contribution < -0.4 is 5.32 Å². The summed E-state index contributed by atoms with van der Waals surface area (Å²) in [5, 5.41) is 3.51. The molecular formula is C9H17N. The molecule has 0 aromatic rings. The third-order valence-corrected chi connectivity index (χ3v) is 3.07. The minimum Gasteiger partial charge on any atom is -0.308 e. The van der Waals surface area contributed by atoms with Crippen molar-refractivity contribution >= 4 is 0 Å². The molecule has 1 aliphatic carbocycles. The van der Waals surface area contributed by atoms with Crippen LogP contribution >= 0.6 is 0 Å². The Morgan fingerprint density at radius 2 is 1.60 bits per heavy atom. The first-order chi connectivity index (χ1) is 4.67. The SMILES string of the molecule is CC1(C)CCC2NC2CC1. The summed E-state index contributed by atoms with van der Waals surface area (Å²) in [7, 11) is 0. The monoisotopic (exact) mass is 139 g/mol. The molecule has 0 amide bonds. The van der Waals surface area contributed by atoms with Crippen LogP contribution in [0.5, 0.6) is 0 Å². The summed E-state index contributed by atoms with van der Waals surface area (Å²) in [6.07, 6.45) is 5.66. The fourth-order valence-corrected chi connectivity index (χ4v) is 2.01. The Kier molecular flexibility index (Phi) is 1.31. The quantitative estimate of drug-likeness (QED) is 0.509. The van der Waals surface area contributed by atoms with E-state index >= 15 is 0 Å². The second-order valence-corrected chi connectivity index (χ2v) is 4.62. The average molecular weight is 139 g/mol. The van der Waals surface area contributed by atoms with Crippen LogP contribution in [0.25, 0.3) is 0 Å². The predicted molar refractivity (Wildman–Crippen MR) is 43.0 cm³/mol. The average Bonchev–Trinajstić information content (AvgIpc) is 2.56. The van der Waals surface area contributed by atoms with Crippen LogP contribution in [0.2, 0.25) is 0 Å². The van der Waals surface area contributed by atoms with Crippen molar-refractivity contribution in [2.24, 2.45) is 5.41 Å². The van der Waals surface area contributed by atoms with Gasteiger partial charge in [0, 0.05) is 12.1 Å². The molecule has 2 atom stereocenters. The lowest BCUT2D eigenvalue weighted by Gasteiger charge is -2.22. The summed E-state index contributed by atoms with van der Waals surface area (Å²) < 4.78 is 0. The van der Waals surface area contributed by atoms with Gasteiger partial charge in [-0.1, -0.05) is 13.8 Å². The highest BCUT2D eigenvalue weighted by Crippen LogP contribution is 2.38. The molecule has 0 spiro atoms. The molecule has 2 aliphatic rings. The third kappa shape index (κ3) is 1.20. The highest BCUT2D eigenvalue weighted by atomic mass is 15.1. The molecule has 1 heterocycles. The van der Waals surface area contributed by atoms with Gasteiger partial charge in [0.15, 0.2) is 0 Å². The zero-order valence-corrected chi connectivity index (χ0v) is 6.98. The van der Waals surface area contributed by atoms with Gasteiger partial charge < -0.3 is 5.32 Å². The first kappa shape index (κ1) is 6.66. The molecule has 2 unspecified atom stereocenters. The third-order valence-electron chi connectivity index (χ3n) is 3.07. The van der Waals surface area contributed by atoms with Crippen molar-refractivity contribution in [1.29, 1.82) is 0 Å². The zero-order valence-electron chi connectivity index (χ0n) is 6.98. The Morgan fingerprint density at radius 1 is 1.10 bits per heavy atom. The molecule has 0 bridgehead atoms. The van der Waals surface area contributed by atoms with Crippen LogP contribution in [0.4, 0.5) is 0 Å². The first-order valence-electron chi connectivity index (χ1n) is 4.43. The maximum atomic E-state index is 3.51. The van der Waals surface area contributed by atoms with E-state index in [1.807, 2.05) is 0 Å². The number of rotatable bonds is 0. The van der Waals surface area contributed by atoms with Crippen LogP contribution in [0.15, 0.2) is 0 Å². The standard InChI is InChI=1S/C9H17N/c1-9(2)5-3-7-8(10-7)4-6-9/h7-8,10H,3-6H2,1-2H3. The minimum absolute atomic E-state index is 0.634. The van der Waals surface area contributed by atoms with Crippen molar-refractivity contribution in [1.82, 2.24) is 5.32 Å². The van der Waals surface area contributed by atoms with Gasteiger partial charge in [0.1, 0.15) is 0 Å². The number of nitrogens with one attached hydrogen (secondary N) is 1. The van der Waals surface area contributed by atoms with Crippen molar-refractivity contribution in [3.8, 4) is 0 Å². The van der Waals surface area contributed by atoms with E-state index in [1.165, 1.54) is 25.7 Å². The summed E-state index contributed by atoms with van der Waals surface area (Å²) in [6, 6.07) is 1.81. The molecular weight excluding hydrogens is 122 g/mol. The summed E-state index contributed by atoms with van der Waals surface area (Å²) in [5.74, 6) is 0. The van der Waals surface area contributed by atoms with Gasteiger partial charge in [-0.25, -0.2) is 0 Å². The van der Waals surface area contributed by atoms with E-state index in [0.717, 1.165) is 12.1 Å². The summed E-state index contributed by atoms with van der Waals surface area (Å²) >= 11 is 0. The highest BCUT2D eigenvalue weighted by Gasteiger charge is 2.40. The van der Waals surface area contributed by atoms with Crippen LogP contribution in [0, 0.1) is 5.41 Å². The molecule has 0 aromatic carbocycles. The maximum Gasteiger partial charge on any atom is 0.0224 e. The van der Waals surface area contributed by atoms with Crippen molar-refractivity contribution in [2.45, 2.75) is 51.6 Å². The second kappa shape index (κ2) is 1.97. The fraction of sp³-hybridized carbons (Fsp3) is 1.00. The van der Waals surface area contributed by atoms with E-state index in [-0.39, 0.29) is 0 Å². The predicted octanol–water partition coefficient (Wildman–Crippen LogP) is 1.93. The van der Waals surface area contributed by atoms with Gasteiger partial charge in [-0.2, -0.15) is 0 Å². The van der Waals surface area contributed by atoms with Crippen molar-refractivity contribution in [3.05, 3.63) is 0 Å². The number of fused-ring (bicyclic) bond motifs is 1. The van der Waals surface area contributed by atoms with Gasteiger partial charge in [-0.15, -0.1) is 0 Å². The lowest BCUT2D eigenvalue weighted by molar-refractivity contribution is 0.304. The van der Waals surface area contributed by atoms with E-state index < -0.39 is 0 Å². The Labute approximate surface area is 63.2 Å². The molecule has 1 saturated heterocycles. The smallest absolute Gasteiger partial charge is 0.0224 e. The van der Waals surface area contributed by atoms with Gasteiger partial charge >= 0.3 is 0 Å². The van der Waals surface area contributed by atoms with Crippen molar-refractivity contribution in [3.63, 3.8) is 0 Å². The number of hydrogen-bond acceptors (Lipinski definition) is 1. The van der Waals surface area contributed by atoms with Gasteiger partial charge in [-0.05, 0) is 31.1 Å². The lowest BCUT2D eigenvalue weighted by atomic mass is 9.85. The van der Waals surface area contributed by atoms with Crippen molar-refractivity contribution in [2.75, 3.05) is 0 Å². The summed E-state index contributed by atoms with van der Waals surface area (Å²) in [6.45, 7) is 4.80.